The molecule has 2 aliphatic rings. The molecule has 0 spiro atoms. The van der Waals surface area contributed by atoms with Gasteiger partial charge in [-0.15, -0.1) is 0 Å². The molecule has 1 N–H and O–H groups in total. The number of fused-ring (bicyclic) bond motifs is 1. The van der Waals surface area contributed by atoms with Gasteiger partial charge >= 0.3 is 0 Å². The highest BCUT2D eigenvalue weighted by Crippen LogP contribution is 2.36. The first kappa shape index (κ1) is 11.9. The van der Waals surface area contributed by atoms with Gasteiger partial charge in [-0.25, -0.2) is 0 Å². The standard InChI is InChI=1S/C12H14BrN3O2/c13-11-3-10(16(17)18)1-2-12(11)15-6-8-4-14-5-9(8)7-15/h1-3,8-9,14H,4-7H2/t8-,9+. The molecule has 0 radical (unpaired) electrons. The van der Waals surface area contributed by atoms with Crippen LogP contribution in [0, 0.1) is 22.0 Å². The summed E-state index contributed by atoms with van der Waals surface area (Å²) in [4.78, 5) is 12.7. The summed E-state index contributed by atoms with van der Waals surface area (Å²) in [5.41, 5.74) is 1.20. The summed E-state index contributed by atoms with van der Waals surface area (Å²) in [5.74, 6) is 1.43. The molecule has 0 aliphatic carbocycles. The molecule has 2 heterocycles. The number of rotatable bonds is 2. The van der Waals surface area contributed by atoms with Crippen LogP contribution in [0.3, 0.4) is 0 Å². The third kappa shape index (κ3) is 1.99. The van der Waals surface area contributed by atoms with Crippen molar-refractivity contribution in [1.82, 2.24) is 5.32 Å². The molecule has 6 heteroatoms. The van der Waals surface area contributed by atoms with Crippen LogP contribution in [0.5, 0.6) is 0 Å². The average molecular weight is 312 g/mol. The fourth-order valence-corrected chi connectivity index (χ4v) is 3.54. The summed E-state index contributed by atoms with van der Waals surface area (Å²) in [6.45, 7) is 4.25. The highest BCUT2D eigenvalue weighted by Gasteiger charge is 2.36. The molecular formula is C12H14BrN3O2. The maximum atomic E-state index is 10.7. The molecule has 0 aromatic heterocycles. The molecule has 1 aromatic rings. The van der Waals surface area contributed by atoms with Crippen LogP contribution in [0.15, 0.2) is 22.7 Å². The fourth-order valence-electron chi connectivity index (χ4n) is 2.92. The summed E-state index contributed by atoms with van der Waals surface area (Å²) >= 11 is 3.44. The topological polar surface area (TPSA) is 58.4 Å². The normalized spacial score (nSPS) is 26.4. The molecular weight excluding hydrogens is 298 g/mol. The Labute approximate surface area is 113 Å². The number of hydrogen-bond acceptors (Lipinski definition) is 4. The Bertz CT molecular complexity index is 482. The Hall–Kier alpha value is -1.14. The molecule has 2 aliphatic heterocycles. The molecule has 0 amide bonds. The van der Waals surface area contributed by atoms with Crippen LogP contribution < -0.4 is 10.2 Å². The van der Waals surface area contributed by atoms with E-state index in [0.29, 0.717) is 11.8 Å². The van der Waals surface area contributed by atoms with Crippen molar-refractivity contribution < 1.29 is 4.92 Å². The first-order valence-electron chi connectivity index (χ1n) is 6.05. The quantitative estimate of drug-likeness (QED) is 0.670. The predicted octanol–water partition coefficient (Wildman–Crippen LogP) is 2.01. The van der Waals surface area contributed by atoms with Gasteiger partial charge in [0, 0.05) is 42.8 Å². The zero-order valence-electron chi connectivity index (χ0n) is 9.80. The fraction of sp³-hybridized carbons (Fsp3) is 0.500. The molecule has 2 saturated heterocycles. The van der Waals surface area contributed by atoms with Crippen molar-refractivity contribution in [1.29, 1.82) is 0 Å². The van der Waals surface area contributed by atoms with E-state index in [1.807, 2.05) is 6.07 Å². The highest BCUT2D eigenvalue weighted by atomic mass is 79.9. The van der Waals surface area contributed by atoms with Gasteiger partial charge in [-0.05, 0) is 33.8 Å². The smallest absolute Gasteiger partial charge is 0.270 e. The van der Waals surface area contributed by atoms with Crippen LogP contribution in [0.4, 0.5) is 11.4 Å². The van der Waals surface area contributed by atoms with E-state index in [1.165, 1.54) is 0 Å². The number of nitro benzene ring substituents is 1. The molecule has 1 aromatic carbocycles. The zero-order chi connectivity index (χ0) is 12.7. The monoisotopic (exact) mass is 311 g/mol. The van der Waals surface area contributed by atoms with Crippen LogP contribution in [0.25, 0.3) is 0 Å². The van der Waals surface area contributed by atoms with Crippen LogP contribution in [-0.4, -0.2) is 31.1 Å². The first-order valence-corrected chi connectivity index (χ1v) is 6.84. The maximum Gasteiger partial charge on any atom is 0.270 e. The van der Waals surface area contributed by atoms with E-state index < -0.39 is 0 Å². The summed E-state index contributed by atoms with van der Waals surface area (Å²) in [5, 5.41) is 14.1. The number of nitrogens with zero attached hydrogens (tertiary/aromatic N) is 2. The van der Waals surface area contributed by atoms with Gasteiger partial charge in [0.2, 0.25) is 0 Å². The predicted molar refractivity (Wildman–Crippen MR) is 72.9 cm³/mol. The number of anilines is 1. The third-order valence-corrected chi connectivity index (χ3v) is 4.51. The van der Waals surface area contributed by atoms with Crippen molar-refractivity contribution in [3.05, 3.63) is 32.8 Å². The molecule has 96 valence electrons. The molecule has 5 nitrogen and oxygen atoms in total. The number of benzene rings is 1. The van der Waals surface area contributed by atoms with E-state index >= 15 is 0 Å². The molecule has 0 saturated carbocycles. The summed E-state index contributed by atoms with van der Waals surface area (Å²) in [7, 11) is 0. The Morgan fingerprint density at radius 3 is 2.56 bits per heavy atom. The summed E-state index contributed by atoms with van der Waals surface area (Å²) in [6, 6.07) is 5.00. The Kier molecular flexibility index (Phi) is 2.99. The van der Waals surface area contributed by atoms with E-state index in [4.69, 9.17) is 0 Å². The lowest BCUT2D eigenvalue weighted by atomic mass is 10.0. The van der Waals surface area contributed by atoms with E-state index in [9.17, 15) is 10.1 Å². The number of non-ortho nitro benzene ring substituents is 1. The number of nitrogens with one attached hydrogen (secondary N) is 1. The Balaban J connectivity index is 1.83. The van der Waals surface area contributed by atoms with Gasteiger partial charge in [0.1, 0.15) is 0 Å². The van der Waals surface area contributed by atoms with Gasteiger partial charge in [-0.1, -0.05) is 0 Å². The molecule has 2 atom stereocenters. The van der Waals surface area contributed by atoms with E-state index in [-0.39, 0.29) is 10.6 Å². The summed E-state index contributed by atoms with van der Waals surface area (Å²) < 4.78 is 0.810. The molecule has 0 unspecified atom stereocenters. The van der Waals surface area contributed by atoms with Gasteiger partial charge in [-0.2, -0.15) is 0 Å². The second kappa shape index (κ2) is 4.51. The number of halogens is 1. The van der Waals surface area contributed by atoms with Gasteiger partial charge in [-0.3, -0.25) is 10.1 Å². The lowest BCUT2D eigenvalue weighted by Gasteiger charge is -2.21. The number of nitro groups is 1. The van der Waals surface area contributed by atoms with Crippen molar-refractivity contribution in [2.75, 3.05) is 31.1 Å². The second-order valence-electron chi connectivity index (χ2n) is 4.98. The minimum Gasteiger partial charge on any atom is -0.370 e. The third-order valence-electron chi connectivity index (χ3n) is 3.87. The molecule has 0 bridgehead atoms. The molecule has 3 rings (SSSR count). The van der Waals surface area contributed by atoms with Crippen molar-refractivity contribution in [2.24, 2.45) is 11.8 Å². The molecule has 18 heavy (non-hydrogen) atoms. The van der Waals surface area contributed by atoms with Crippen LogP contribution in [0.1, 0.15) is 0 Å². The van der Waals surface area contributed by atoms with Crippen molar-refractivity contribution >= 4 is 27.3 Å². The van der Waals surface area contributed by atoms with Crippen LogP contribution >= 0.6 is 15.9 Å². The van der Waals surface area contributed by atoms with E-state index in [1.54, 1.807) is 12.1 Å². The SMILES string of the molecule is O=[N+]([O-])c1ccc(N2C[C@H]3CNC[C@H]3C2)c(Br)c1. The Morgan fingerprint density at radius 1 is 1.33 bits per heavy atom. The lowest BCUT2D eigenvalue weighted by Crippen LogP contribution is -2.25. The van der Waals surface area contributed by atoms with E-state index in [2.05, 4.69) is 26.1 Å². The van der Waals surface area contributed by atoms with Crippen LogP contribution in [0.2, 0.25) is 0 Å². The van der Waals surface area contributed by atoms with Crippen molar-refractivity contribution in [3.8, 4) is 0 Å². The van der Waals surface area contributed by atoms with Crippen molar-refractivity contribution in [2.45, 2.75) is 0 Å². The highest BCUT2D eigenvalue weighted by molar-refractivity contribution is 9.10. The van der Waals surface area contributed by atoms with Gasteiger partial charge in [0.15, 0.2) is 0 Å². The first-order chi connectivity index (χ1) is 8.65. The zero-order valence-corrected chi connectivity index (χ0v) is 11.4. The number of hydrogen-bond donors (Lipinski definition) is 1. The lowest BCUT2D eigenvalue weighted by molar-refractivity contribution is -0.384. The minimum absolute atomic E-state index is 0.131. The van der Waals surface area contributed by atoms with Crippen LogP contribution in [-0.2, 0) is 0 Å². The summed E-state index contributed by atoms with van der Waals surface area (Å²) in [6.07, 6.45) is 0. The largest absolute Gasteiger partial charge is 0.370 e. The van der Waals surface area contributed by atoms with Gasteiger partial charge < -0.3 is 10.2 Å². The molecule has 2 fully saturated rings. The Morgan fingerprint density at radius 2 is 2.00 bits per heavy atom. The van der Waals surface area contributed by atoms with E-state index in [0.717, 1.165) is 36.3 Å². The average Bonchev–Trinajstić information content (AvgIpc) is 2.88. The van der Waals surface area contributed by atoms with Gasteiger partial charge in [0.05, 0.1) is 10.6 Å². The minimum atomic E-state index is -0.364. The second-order valence-corrected chi connectivity index (χ2v) is 5.83. The van der Waals surface area contributed by atoms with Crippen molar-refractivity contribution in [3.63, 3.8) is 0 Å². The van der Waals surface area contributed by atoms with Gasteiger partial charge in [0.25, 0.3) is 5.69 Å². The maximum absolute atomic E-state index is 10.7.